The van der Waals surface area contributed by atoms with Gasteiger partial charge in [0.1, 0.15) is 5.82 Å². The lowest BCUT2D eigenvalue weighted by Gasteiger charge is -2.20. The van der Waals surface area contributed by atoms with E-state index in [1.165, 1.54) is 23.9 Å². The molecule has 0 spiro atoms. The van der Waals surface area contributed by atoms with Gasteiger partial charge < -0.3 is 0 Å². The standard InChI is InChI=1S/C16H19FN2OS/c1-10(2)18-16-19(11(3)4)15(20)14(21-16)9-12-6-5-7-13(17)8-12/h5-11H,1-4H3/b14-9+,18-16?. The van der Waals surface area contributed by atoms with E-state index >= 15 is 0 Å². The molecule has 0 aromatic heterocycles. The average molecular weight is 306 g/mol. The fourth-order valence-corrected chi connectivity index (χ4v) is 3.23. The number of aliphatic imine (C=N–C) groups is 1. The normalized spacial score (nSPS) is 19.6. The molecule has 3 nitrogen and oxygen atoms in total. The molecule has 0 radical (unpaired) electrons. The number of benzene rings is 1. The Morgan fingerprint density at radius 3 is 2.57 bits per heavy atom. The number of amides is 1. The lowest BCUT2D eigenvalue weighted by atomic mass is 10.2. The Morgan fingerprint density at radius 1 is 1.29 bits per heavy atom. The van der Waals surface area contributed by atoms with Crippen molar-refractivity contribution < 1.29 is 9.18 Å². The van der Waals surface area contributed by atoms with E-state index in [0.29, 0.717) is 15.6 Å². The Morgan fingerprint density at radius 2 is 2.00 bits per heavy atom. The molecule has 0 unspecified atom stereocenters. The summed E-state index contributed by atoms with van der Waals surface area (Å²) in [7, 11) is 0. The molecule has 2 rings (SSSR count). The molecule has 1 aromatic carbocycles. The topological polar surface area (TPSA) is 32.7 Å². The Hall–Kier alpha value is -1.62. The number of carbonyl (C=O) groups is 1. The molecule has 0 atom stereocenters. The lowest BCUT2D eigenvalue weighted by Crippen LogP contribution is -2.35. The van der Waals surface area contributed by atoms with Crippen molar-refractivity contribution in [2.75, 3.05) is 0 Å². The molecule has 1 saturated heterocycles. The molecule has 1 heterocycles. The highest BCUT2D eigenvalue weighted by molar-refractivity contribution is 8.18. The van der Waals surface area contributed by atoms with Crippen LogP contribution in [0.3, 0.4) is 0 Å². The first-order chi connectivity index (χ1) is 9.88. The van der Waals surface area contributed by atoms with Gasteiger partial charge in [0, 0.05) is 12.1 Å². The molecule has 0 aliphatic carbocycles. The molecule has 1 fully saturated rings. The average Bonchev–Trinajstić information content (AvgIpc) is 2.65. The minimum Gasteiger partial charge on any atom is -0.284 e. The Labute approximate surface area is 128 Å². The second-order valence-corrected chi connectivity index (χ2v) is 6.45. The van der Waals surface area contributed by atoms with Crippen molar-refractivity contribution in [2.45, 2.75) is 39.8 Å². The number of hydrogen-bond donors (Lipinski definition) is 0. The van der Waals surface area contributed by atoms with E-state index in [1.54, 1.807) is 23.1 Å². The van der Waals surface area contributed by atoms with Gasteiger partial charge in [-0.3, -0.25) is 14.7 Å². The SMILES string of the molecule is CC(C)N=C1S/C(=C/c2cccc(F)c2)C(=O)N1C(C)C. The van der Waals surface area contributed by atoms with Gasteiger partial charge in [-0.25, -0.2) is 4.39 Å². The van der Waals surface area contributed by atoms with Crippen LogP contribution in [0.5, 0.6) is 0 Å². The van der Waals surface area contributed by atoms with Gasteiger partial charge in [-0.15, -0.1) is 0 Å². The maximum absolute atomic E-state index is 13.2. The number of amidine groups is 1. The van der Waals surface area contributed by atoms with Crippen molar-refractivity contribution in [1.82, 2.24) is 4.90 Å². The summed E-state index contributed by atoms with van der Waals surface area (Å²) in [5.41, 5.74) is 0.681. The first-order valence-corrected chi connectivity index (χ1v) is 7.76. The third kappa shape index (κ3) is 3.73. The Kier molecular flexibility index (Phi) is 4.83. The van der Waals surface area contributed by atoms with E-state index in [1.807, 2.05) is 27.7 Å². The van der Waals surface area contributed by atoms with Crippen molar-refractivity contribution in [1.29, 1.82) is 0 Å². The third-order valence-electron chi connectivity index (χ3n) is 2.87. The van der Waals surface area contributed by atoms with Crippen LogP contribution in [0.25, 0.3) is 6.08 Å². The summed E-state index contributed by atoms with van der Waals surface area (Å²) in [5, 5.41) is 0.715. The van der Waals surface area contributed by atoms with Crippen LogP contribution in [0.15, 0.2) is 34.2 Å². The molecule has 5 heteroatoms. The van der Waals surface area contributed by atoms with E-state index in [-0.39, 0.29) is 23.8 Å². The summed E-state index contributed by atoms with van der Waals surface area (Å²) in [6.07, 6.45) is 1.72. The largest absolute Gasteiger partial charge is 0.284 e. The number of thioether (sulfide) groups is 1. The van der Waals surface area contributed by atoms with E-state index in [4.69, 9.17) is 0 Å². The van der Waals surface area contributed by atoms with Crippen molar-refractivity contribution in [3.8, 4) is 0 Å². The number of nitrogens with zero attached hydrogens (tertiary/aromatic N) is 2. The van der Waals surface area contributed by atoms with E-state index < -0.39 is 0 Å². The molecular formula is C16H19FN2OS. The predicted octanol–water partition coefficient (Wildman–Crippen LogP) is 3.91. The van der Waals surface area contributed by atoms with Gasteiger partial charge >= 0.3 is 0 Å². The van der Waals surface area contributed by atoms with E-state index in [0.717, 1.165) is 0 Å². The first kappa shape index (κ1) is 15.8. The smallest absolute Gasteiger partial charge is 0.266 e. The second-order valence-electron chi connectivity index (χ2n) is 5.44. The molecule has 1 amide bonds. The molecule has 0 bridgehead atoms. The minimum atomic E-state index is -0.309. The highest BCUT2D eigenvalue weighted by atomic mass is 32.2. The van der Waals surface area contributed by atoms with Gasteiger partial charge in [-0.05, 0) is 63.2 Å². The van der Waals surface area contributed by atoms with E-state index in [2.05, 4.69) is 4.99 Å². The summed E-state index contributed by atoms with van der Waals surface area (Å²) in [4.78, 5) is 19.3. The quantitative estimate of drug-likeness (QED) is 0.793. The Balaban J connectivity index is 2.36. The predicted molar refractivity (Wildman–Crippen MR) is 86.5 cm³/mol. The van der Waals surface area contributed by atoms with Gasteiger partial charge in [0.2, 0.25) is 0 Å². The molecule has 1 aliphatic rings. The van der Waals surface area contributed by atoms with Crippen LogP contribution in [0.4, 0.5) is 4.39 Å². The van der Waals surface area contributed by atoms with Gasteiger partial charge in [0.25, 0.3) is 5.91 Å². The van der Waals surface area contributed by atoms with E-state index in [9.17, 15) is 9.18 Å². The molecule has 1 aromatic rings. The van der Waals surface area contributed by atoms with Crippen molar-refractivity contribution in [3.63, 3.8) is 0 Å². The molecule has 1 aliphatic heterocycles. The van der Waals surface area contributed by atoms with Crippen LogP contribution in [-0.2, 0) is 4.79 Å². The van der Waals surface area contributed by atoms with Gasteiger partial charge in [-0.1, -0.05) is 12.1 Å². The lowest BCUT2D eigenvalue weighted by molar-refractivity contribution is -0.123. The summed E-state index contributed by atoms with van der Waals surface area (Å²) >= 11 is 1.35. The van der Waals surface area contributed by atoms with Gasteiger partial charge in [0.15, 0.2) is 5.17 Å². The number of rotatable bonds is 3. The summed E-state index contributed by atoms with van der Waals surface area (Å²) < 4.78 is 13.2. The van der Waals surface area contributed by atoms with Crippen molar-refractivity contribution >= 4 is 28.9 Å². The number of hydrogen-bond acceptors (Lipinski definition) is 3. The van der Waals surface area contributed by atoms with Crippen LogP contribution >= 0.6 is 11.8 Å². The monoisotopic (exact) mass is 306 g/mol. The second kappa shape index (κ2) is 6.43. The van der Waals surface area contributed by atoms with Crippen LogP contribution in [0.1, 0.15) is 33.3 Å². The van der Waals surface area contributed by atoms with Gasteiger partial charge in [0.05, 0.1) is 4.91 Å². The maximum atomic E-state index is 13.2. The van der Waals surface area contributed by atoms with Crippen molar-refractivity contribution in [3.05, 3.63) is 40.6 Å². The van der Waals surface area contributed by atoms with Crippen LogP contribution in [-0.4, -0.2) is 28.1 Å². The van der Waals surface area contributed by atoms with Gasteiger partial charge in [-0.2, -0.15) is 0 Å². The summed E-state index contributed by atoms with van der Waals surface area (Å²) in [6.45, 7) is 7.87. The van der Waals surface area contributed by atoms with Crippen LogP contribution < -0.4 is 0 Å². The third-order valence-corrected chi connectivity index (χ3v) is 3.87. The zero-order valence-electron chi connectivity index (χ0n) is 12.6. The van der Waals surface area contributed by atoms with Crippen molar-refractivity contribution in [2.24, 2.45) is 4.99 Å². The molecule has 0 saturated carbocycles. The maximum Gasteiger partial charge on any atom is 0.266 e. The fraction of sp³-hybridized carbons (Fsp3) is 0.375. The highest BCUT2D eigenvalue weighted by Gasteiger charge is 2.35. The number of carbonyl (C=O) groups excluding carboxylic acids is 1. The summed E-state index contributed by atoms with van der Waals surface area (Å²) in [5.74, 6) is -0.379. The molecule has 0 N–H and O–H groups in total. The minimum absolute atomic E-state index is 0.0425. The Bertz CT molecular complexity index is 608. The molecular weight excluding hydrogens is 287 g/mol. The van der Waals surface area contributed by atoms with Crippen LogP contribution in [0, 0.1) is 5.82 Å². The summed E-state index contributed by atoms with van der Waals surface area (Å²) in [6, 6.07) is 6.38. The number of halogens is 1. The van der Waals surface area contributed by atoms with Crippen LogP contribution in [0.2, 0.25) is 0 Å². The fourth-order valence-electron chi connectivity index (χ4n) is 2.00. The first-order valence-electron chi connectivity index (χ1n) is 6.95. The zero-order chi connectivity index (χ0) is 15.6. The zero-order valence-corrected chi connectivity index (χ0v) is 13.4. The highest BCUT2D eigenvalue weighted by Crippen LogP contribution is 2.34. The molecule has 112 valence electrons. The molecule has 21 heavy (non-hydrogen) atoms.